The number of hydrogen-bond acceptors (Lipinski definition) is 4. The molecule has 0 amide bonds. The zero-order chi connectivity index (χ0) is 13.3. The first-order valence-electron chi connectivity index (χ1n) is 4.42. The standard InChI is InChI=1S/C7H14N4O4P2/c8-16(9,13)7-3-6(15-17(10,11)14)2-1-5(7)4-12/h1-3,12H,4H2,(H4,8,9,13)(H4,10,11,14). The van der Waals surface area contributed by atoms with Crippen molar-refractivity contribution in [3.05, 3.63) is 23.8 Å². The second-order valence-corrected chi connectivity index (χ2v) is 6.77. The van der Waals surface area contributed by atoms with Gasteiger partial charge in [-0.05, 0) is 17.7 Å². The van der Waals surface area contributed by atoms with E-state index in [-0.39, 0.29) is 16.6 Å². The molecular weight excluding hydrogens is 266 g/mol. The van der Waals surface area contributed by atoms with Gasteiger partial charge in [-0.25, -0.2) is 15.6 Å². The highest BCUT2D eigenvalue weighted by atomic mass is 31.2. The Balaban J connectivity index is 3.23. The monoisotopic (exact) mass is 280 g/mol. The van der Waals surface area contributed by atoms with Crippen LogP contribution in [0, 0.1) is 0 Å². The van der Waals surface area contributed by atoms with Gasteiger partial charge in [0.15, 0.2) is 0 Å². The van der Waals surface area contributed by atoms with Crippen LogP contribution in [-0.4, -0.2) is 5.11 Å². The Labute approximate surface area is 98.0 Å². The minimum atomic E-state index is -3.72. The molecule has 96 valence electrons. The van der Waals surface area contributed by atoms with E-state index in [2.05, 4.69) is 0 Å². The van der Waals surface area contributed by atoms with E-state index in [0.29, 0.717) is 0 Å². The van der Waals surface area contributed by atoms with E-state index in [4.69, 9.17) is 31.6 Å². The fourth-order valence-corrected chi connectivity index (χ4v) is 2.59. The zero-order valence-corrected chi connectivity index (χ0v) is 10.6. The number of rotatable bonds is 4. The summed E-state index contributed by atoms with van der Waals surface area (Å²) in [5.74, 6) is 0.0154. The van der Waals surface area contributed by atoms with Gasteiger partial charge < -0.3 is 9.63 Å². The highest BCUT2D eigenvalue weighted by molar-refractivity contribution is 7.67. The highest BCUT2D eigenvalue weighted by Crippen LogP contribution is 2.33. The second kappa shape index (κ2) is 4.88. The van der Waals surface area contributed by atoms with E-state index >= 15 is 0 Å². The van der Waals surface area contributed by atoms with Crippen molar-refractivity contribution in [3.63, 3.8) is 0 Å². The Hall–Kier alpha value is -0.720. The van der Waals surface area contributed by atoms with E-state index in [1.807, 2.05) is 0 Å². The molecule has 1 aromatic rings. The van der Waals surface area contributed by atoms with E-state index < -0.39 is 21.7 Å². The summed E-state index contributed by atoms with van der Waals surface area (Å²) in [7, 11) is -7.29. The predicted molar refractivity (Wildman–Crippen MR) is 64.6 cm³/mol. The molecule has 10 heteroatoms. The Bertz CT molecular complexity index is 509. The smallest absolute Gasteiger partial charge is 0.385 e. The Morgan fingerprint density at radius 3 is 2.18 bits per heavy atom. The zero-order valence-electron chi connectivity index (χ0n) is 8.81. The molecule has 0 aromatic heterocycles. The van der Waals surface area contributed by atoms with Crippen molar-refractivity contribution in [2.24, 2.45) is 22.0 Å². The summed E-state index contributed by atoms with van der Waals surface area (Å²) in [5.41, 5.74) is 20.9. The Kier molecular flexibility index (Phi) is 4.11. The predicted octanol–water partition coefficient (Wildman–Crippen LogP) is -0.681. The quantitative estimate of drug-likeness (QED) is 0.452. The van der Waals surface area contributed by atoms with Crippen molar-refractivity contribution in [1.29, 1.82) is 0 Å². The third kappa shape index (κ3) is 4.22. The molecule has 0 aliphatic carbocycles. The molecule has 0 atom stereocenters. The molecule has 0 aliphatic rings. The van der Waals surface area contributed by atoms with Crippen LogP contribution in [0.15, 0.2) is 18.2 Å². The van der Waals surface area contributed by atoms with Gasteiger partial charge in [0.05, 0.1) is 6.61 Å². The van der Waals surface area contributed by atoms with Gasteiger partial charge >= 0.3 is 7.67 Å². The van der Waals surface area contributed by atoms with E-state index in [0.717, 1.165) is 0 Å². The average molecular weight is 280 g/mol. The molecule has 0 saturated heterocycles. The van der Waals surface area contributed by atoms with Crippen LogP contribution >= 0.6 is 15.1 Å². The summed E-state index contributed by atoms with van der Waals surface area (Å²) in [6.45, 7) is -0.392. The third-order valence-electron chi connectivity index (χ3n) is 1.85. The third-order valence-corrected chi connectivity index (χ3v) is 3.52. The van der Waals surface area contributed by atoms with Crippen LogP contribution in [-0.2, 0) is 15.7 Å². The van der Waals surface area contributed by atoms with Gasteiger partial charge in [0, 0.05) is 5.30 Å². The van der Waals surface area contributed by atoms with Gasteiger partial charge in [0.25, 0.3) is 0 Å². The molecular formula is C7H14N4O4P2. The second-order valence-electron chi connectivity index (χ2n) is 3.39. The fraction of sp³-hybridized carbons (Fsp3) is 0.143. The lowest BCUT2D eigenvalue weighted by molar-refractivity contribution is 0.282. The summed E-state index contributed by atoms with van der Waals surface area (Å²) in [4.78, 5) is 0. The van der Waals surface area contributed by atoms with Gasteiger partial charge in [0.1, 0.15) is 5.75 Å². The Morgan fingerprint density at radius 2 is 1.76 bits per heavy atom. The van der Waals surface area contributed by atoms with E-state index in [9.17, 15) is 9.13 Å². The van der Waals surface area contributed by atoms with Crippen molar-refractivity contribution in [3.8, 4) is 5.75 Å². The van der Waals surface area contributed by atoms with Crippen molar-refractivity contribution in [1.82, 2.24) is 0 Å². The maximum Gasteiger partial charge on any atom is 0.385 e. The van der Waals surface area contributed by atoms with Crippen molar-refractivity contribution in [2.45, 2.75) is 6.61 Å². The minimum absolute atomic E-state index is 0.0154. The fourth-order valence-electron chi connectivity index (χ4n) is 1.22. The molecule has 0 heterocycles. The molecule has 0 radical (unpaired) electrons. The van der Waals surface area contributed by atoms with Crippen molar-refractivity contribution < 1.29 is 18.8 Å². The SMILES string of the molecule is NP(N)(=O)Oc1ccc(CO)c(P(N)(N)=O)c1. The molecule has 1 rings (SSSR count). The molecule has 0 aliphatic heterocycles. The molecule has 0 bridgehead atoms. The van der Waals surface area contributed by atoms with Crippen LogP contribution in [0.2, 0.25) is 0 Å². The van der Waals surface area contributed by atoms with Crippen LogP contribution in [0.4, 0.5) is 0 Å². The van der Waals surface area contributed by atoms with Gasteiger partial charge in [-0.1, -0.05) is 6.07 Å². The lowest BCUT2D eigenvalue weighted by Crippen LogP contribution is -2.22. The minimum Gasteiger partial charge on any atom is -0.422 e. The molecule has 8 nitrogen and oxygen atoms in total. The largest absolute Gasteiger partial charge is 0.422 e. The van der Waals surface area contributed by atoms with Crippen molar-refractivity contribution >= 4 is 20.4 Å². The topological polar surface area (TPSA) is 168 Å². The normalized spacial score (nSPS) is 12.5. The summed E-state index contributed by atoms with van der Waals surface area (Å²) in [6, 6.07) is 3.93. The first kappa shape index (κ1) is 14.3. The maximum atomic E-state index is 11.6. The van der Waals surface area contributed by atoms with Gasteiger partial charge in [-0.15, -0.1) is 0 Å². The molecule has 0 spiro atoms. The number of hydrogen-bond donors (Lipinski definition) is 5. The van der Waals surface area contributed by atoms with Gasteiger partial charge in [-0.2, -0.15) is 0 Å². The number of benzene rings is 1. The maximum absolute atomic E-state index is 11.6. The molecule has 1 aromatic carbocycles. The Morgan fingerprint density at radius 1 is 1.18 bits per heavy atom. The molecule has 0 unspecified atom stereocenters. The number of nitrogens with two attached hydrogens (primary N) is 4. The van der Waals surface area contributed by atoms with Gasteiger partial charge in [-0.3, -0.25) is 15.6 Å². The summed E-state index contributed by atoms with van der Waals surface area (Å²) >= 11 is 0. The van der Waals surface area contributed by atoms with Gasteiger partial charge in [0.2, 0.25) is 7.44 Å². The molecule has 0 fully saturated rings. The van der Waals surface area contributed by atoms with Crippen LogP contribution < -0.4 is 31.8 Å². The summed E-state index contributed by atoms with van der Waals surface area (Å²) in [5, 5.41) is 9.05. The first-order valence-corrected chi connectivity index (χ1v) is 8.02. The summed E-state index contributed by atoms with van der Waals surface area (Å²) < 4.78 is 27.4. The lowest BCUT2D eigenvalue weighted by atomic mass is 10.2. The summed E-state index contributed by atoms with van der Waals surface area (Å²) in [6.07, 6.45) is 0. The first-order chi connectivity index (χ1) is 7.63. The van der Waals surface area contributed by atoms with Crippen LogP contribution in [0.5, 0.6) is 5.75 Å². The van der Waals surface area contributed by atoms with Crippen LogP contribution in [0.3, 0.4) is 0 Å². The lowest BCUT2D eigenvalue weighted by Gasteiger charge is -2.15. The number of aliphatic hydroxyl groups is 1. The van der Waals surface area contributed by atoms with E-state index in [1.165, 1.54) is 18.2 Å². The van der Waals surface area contributed by atoms with Crippen LogP contribution in [0.25, 0.3) is 0 Å². The average Bonchev–Trinajstić information content (AvgIpc) is 2.13. The molecule has 0 saturated carbocycles. The van der Waals surface area contributed by atoms with Crippen LogP contribution in [0.1, 0.15) is 5.56 Å². The molecule has 9 N–H and O–H groups in total. The van der Waals surface area contributed by atoms with E-state index in [1.54, 1.807) is 0 Å². The number of aliphatic hydroxyl groups excluding tert-OH is 1. The van der Waals surface area contributed by atoms with Crippen molar-refractivity contribution in [2.75, 3.05) is 0 Å². The molecule has 17 heavy (non-hydrogen) atoms. The highest BCUT2D eigenvalue weighted by Gasteiger charge is 2.20.